The summed E-state index contributed by atoms with van der Waals surface area (Å²) in [6, 6.07) is 10.8. The number of piperidine rings is 1. The van der Waals surface area contributed by atoms with Gasteiger partial charge in [0.1, 0.15) is 0 Å². The monoisotopic (exact) mass is 394 g/mol. The topological polar surface area (TPSA) is 73.8 Å². The van der Waals surface area contributed by atoms with Gasteiger partial charge in [-0.25, -0.2) is 13.1 Å². The molecule has 0 radical (unpaired) electrons. The van der Waals surface area contributed by atoms with Crippen LogP contribution >= 0.6 is 0 Å². The van der Waals surface area contributed by atoms with Gasteiger partial charge in [-0.1, -0.05) is 43.7 Å². The summed E-state index contributed by atoms with van der Waals surface area (Å²) >= 11 is 0. The lowest BCUT2D eigenvalue weighted by molar-refractivity contribution is 0.214. The molecule has 1 aliphatic heterocycles. The lowest BCUT2D eigenvalue weighted by atomic mass is 9.79. The number of guanidine groups is 1. The highest BCUT2D eigenvalue weighted by atomic mass is 32.2. The summed E-state index contributed by atoms with van der Waals surface area (Å²) in [6.45, 7) is 8.35. The lowest BCUT2D eigenvalue weighted by Crippen LogP contribution is -2.55. The fraction of sp³-hybridized carbons (Fsp3) is 0.650. The third kappa shape index (κ3) is 6.50. The Balaban J connectivity index is 2.01. The van der Waals surface area contributed by atoms with Crippen molar-refractivity contribution in [2.75, 3.05) is 32.9 Å². The van der Waals surface area contributed by atoms with E-state index in [2.05, 4.69) is 57.2 Å². The molecular weight excluding hydrogens is 360 g/mol. The van der Waals surface area contributed by atoms with Gasteiger partial charge in [0.25, 0.3) is 0 Å². The molecule has 0 spiro atoms. The van der Waals surface area contributed by atoms with Gasteiger partial charge in [0.15, 0.2) is 5.96 Å². The number of nitrogens with one attached hydrogen (secondary N) is 2. The Kier molecular flexibility index (Phi) is 7.28. The van der Waals surface area contributed by atoms with Crippen LogP contribution in [0.25, 0.3) is 0 Å². The van der Waals surface area contributed by atoms with E-state index in [1.807, 2.05) is 13.8 Å². The number of nitrogens with zero attached hydrogens (tertiary/aromatic N) is 2. The number of aliphatic imine (C=N–C) groups is 1. The molecule has 1 aliphatic rings. The van der Waals surface area contributed by atoms with Crippen LogP contribution in [0.3, 0.4) is 0 Å². The van der Waals surface area contributed by atoms with Crippen molar-refractivity contribution in [1.29, 1.82) is 0 Å². The Labute approximate surface area is 164 Å². The van der Waals surface area contributed by atoms with E-state index in [4.69, 9.17) is 0 Å². The third-order valence-corrected chi connectivity index (χ3v) is 6.07. The first-order valence-corrected chi connectivity index (χ1v) is 11.5. The Morgan fingerprint density at radius 3 is 2.52 bits per heavy atom. The van der Waals surface area contributed by atoms with Crippen molar-refractivity contribution < 1.29 is 8.42 Å². The van der Waals surface area contributed by atoms with Gasteiger partial charge in [-0.15, -0.1) is 0 Å². The SMILES string of the molecule is CCC1CN(C(=NC)NCC(C)(C)NS(C)(=O)=O)CCC1c1ccccc1. The van der Waals surface area contributed by atoms with E-state index in [1.165, 1.54) is 11.8 Å². The maximum absolute atomic E-state index is 11.5. The average Bonchev–Trinajstić information content (AvgIpc) is 2.60. The summed E-state index contributed by atoms with van der Waals surface area (Å²) < 4.78 is 25.7. The molecule has 1 fully saturated rings. The van der Waals surface area contributed by atoms with Crippen molar-refractivity contribution in [2.24, 2.45) is 10.9 Å². The second kappa shape index (κ2) is 9.06. The first kappa shape index (κ1) is 21.7. The Morgan fingerprint density at radius 2 is 1.96 bits per heavy atom. The van der Waals surface area contributed by atoms with Crippen LogP contribution in [0.15, 0.2) is 35.3 Å². The second-order valence-electron chi connectivity index (χ2n) is 8.08. The van der Waals surface area contributed by atoms with E-state index in [0.29, 0.717) is 18.4 Å². The van der Waals surface area contributed by atoms with E-state index < -0.39 is 15.6 Å². The largest absolute Gasteiger partial charge is 0.354 e. The van der Waals surface area contributed by atoms with Gasteiger partial charge in [0.05, 0.1) is 6.26 Å². The fourth-order valence-corrected chi connectivity index (χ4v) is 5.02. The van der Waals surface area contributed by atoms with Crippen molar-refractivity contribution in [1.82, 2.24) is 14.9 Å². The number of benzene rings is 1. The average molecular weight is 395 g/mol. The minimum Gasteiger partial charge on any atom is -0.354 e. The highest BCUT2D eigenvalue weighted by Crippen LogP contribution is 2.34. The first-order chi connectivity index (χ1) is 12.6. The van der Waals surface area contributed by atoms with Crippen LogP contribution < -0.4 is 10.0 Å². The van der Waals surface area contributed by atoms with Crippen LogP contribution in [-0.2, 0) is 10.0 Å². The molecule has 0 amide bonds. The Bertz CT molecular complexity index is 732. The van der Waals surface area contributed by atoms with E-state index in [0.717, 1.165) is 31.9 Å². The predicted molar refractivity (Wildman–Crippen MR) is 113 cm³/mol. The fourth-order valence-electron chi connectivity index (χ4n) is 3.95. The number of hydrogen-bond acceptors (Lipinski definition) is 3. The molecule has 0 aromatic heterocycles. The minimum absolute atomic E-state index is 0.474. The molecule has 1 saturated heterocycles. The molecule has 1 aromatic rings. The minimum atomic E-state index is -3.26. The molecule has 0 saturated carbocycles. The molecule has 2 unspecified atom stereocenters. The molecule has 1 aromatic carbocycles. The highest BCUT2D eigenvalue weighted by molar-refractivity contribution is 7.88. The summed E-state index contributed by atoms with van der Waals surface area (Å²) in [6.07, 6.45) is 3.39. The molecule has 152 valence electrons. The summed E-state index contributed by atoms with van der Waals surface area (Å²) in [5, 5.41) is 3.35. The summed E-state index contributed by atoms with van der Waals surface area (Å²) in [5.74, 6) is 1.99. The molecular formula is C20H34N4O2S. The van der Waals surface area contributed by atoms with Crippen molar-refractivity contribution in [2.45, 2.75) is 45.1 Å². The van der Waals surface area contributed by atoms with Gasteiger partial charge in [-0.05, 0) is 37.7 Å². The van der Waals surface area contributed by atoms with Crippen molar-refractivity contribution >= 4 is 16.0 Å². The maximum atomic E-state index is 11.5. The summed E-state index contributed by atoms with van der Waals surface area (Å²) in [4.78, 5) is 6.73. The van der Waals surface area contributed by atoms with Crippen molar-refractivity contribution in [3.8, 4) is 0 Å². The van der Waals surface area contributed by atoms with Gasteiger partial charge < -0.3 is 10.2 Å². The van der Waals surface area contributed by atoms with E-state index >= 15 is 0 Å². The molecule has 2 atom stereocenters. The number of sulfonamides is 1. The Hall–Kier alpha value is -1.60. The predicted octanol–water partition coefficient (Wildman–Crippen LogP) is 2.41. The normalized spacial score (nSPS) is 22.0. The lowest BCUT2D eigenvalue weighted by Gasteiger charge is -2.40. The van der Waals surface area contributed by atoms with E-state index in [-0.39, 0.29) is 0 Å². The maximum Gasteiger partial charge on any atom is 0.209 e. The van der Waals surface area contributed by atoms with Gasteiger partial charge in [0.2, 0.25) is 10.0 Å². The molecule has 0 aliphatic carbocycles. The van der Waals surface area contributed by atoms with Gasteiger partial charge >= 0.3 is 0 Å². The molecule has 1 heterocycles. The van der Waals surface area contributed by atoms with Crippen molar-refractivity contribution in [3.63, 3.8) is 0 Å². The molecule has 27 heavy (non-hydrogen) atoms. The van der Waals surface area contributed by atoms with Crippen LogP contribution in [0, 0.1) is 5.92 Å². The van der Waals surface area contributed by atoms with E-state index in [1.54, 1.807) is 7.05 Å². The zero-order valence-electron chi connectivity index (χ0n) is 17.2. The third-order valence-electron chi connectivity index (χ3n) is 5.15. The summed E-state index contributed by atoms with van der Waals surface area (Å²) in [7, 11) is -1.47. The van der Waals surface area contributed by atoms with Gasteiger partial charge in [-0.2, -0.15) is 0 Å². The van der Waals surface area contributed by atoms with Crippen molar-refractivity contribution in [3.05, 3.63) is 35.9 Å². The number of rotatable bonds is 6. The van der Waals surface area contributed by atoms with Gasteiger partial charge in [-0.3, -0.25) is 4.99 Å². The molecule has 2 N–H and O–H groups in total. The molecule has 7 heteroatoms. The van der Waals surface area contributed by atoms with E-state index in [9.17, 15) is 8.42 Å². The van der Waals surface area contributed by atoms with Crippen LogP contribution in [0.4, 0.5) is 0 Å². The number of hydrogen-bond donors (Lipinski definition) is 2. The molecule has 2 rings (SSSR count). The second-order valence-corrected chi connectivity index (χ2v) is 9.83. The first-order valence-electron chi connectivity index (χ1n) is 9.64. The van der Waals surface area contributed by atoms with Gasteiger partial charge in [0, 0.05) is 32.2 Å². The zero-order chi connectivity index (χ0) is 20.1. The number of likely N-dealkylation sites (tertiary alicyclic amines) is 1. The van der Waals surface area contributed by atoms with Crippen LogP contribution in [0.1, 0.15) is 45.1 Å². The quantitative estimate of drug-likeness (QED) is 0.574. The highest BCUT2D eigenvalue weighted by Gasteiger charge is 2.31. The smallest absolute Gasteiger partial charge is 0.209 e. The Morgan fingerprint density at radius 1 is 1.30 bits per heavy atom. The van der Waals surface area contributed by atoms with Crippen LogP contribution in [0.2, 0.25) is 0 Å². The van der Waals surface area contributed by atoms with Crippen LogP contribution in [0.5, 0.6) is 0 Å². The molecule has 0 bridgehead atoms. The van der Waals surface area contributed by atoms with Crippen LogP contribution in [-0.4, -0.2) is 57.8 Å². The standard InChI is InChI=1S/C20H34N4O2S/c1-6-16-14-24(13-12-18(16)17-10-8-7-9-11-17)19(21-4)22-15-20(2,3)23-27(5,25)26/h7-11,16,18,23H,6,12-15H2,1-5H3,(H,21,22). The molecule has 6 nitrogen and oxygen atoms in total. The zero-order valence-corrected chi connectivity index (χ0v) is 18.0. The summed E-state index contributed by atoms with van der Waals surface area (Å²) in [5.41, 5.74) is 0.834.